The second kappa shape index (κ2) is 5.89. The summed E-state index contributed by atoms with van der Waals surface area (Å²) in [5.41, 5.74) is 6.59. The first-order valence-electron chi connectivity index (χ1n) is 8.28. The Balaban J connectivity index is 1.98. The average molecular weight is 364 g/mol. The third-order valence-electron chi connectivity index (χ3n) is 4.31. The Morgan fingerprint density at radius 2 is 1.96 bits per heavy atom. The molecule has 0 amide bonds. The summed E-state index contributed by atoms with van der Waals surface area (Å²) < 4.78 is 33.1. The molecule has 0 saturated heterocycles. The molecule has 25 heavy (non-hydrogen) atoms. The third kappa shape index (κ3) is 3.61. The number of sulfonamides is 1. The van der Waals surface area contributed by atoms with Gasteiger partial charge in [-0.25, -0.2) is 13.1 Å². The normalized spacial score (nSPS) is 17.3. The predicted molar refractivity (Wildman–Crippen MR) is 94.3 cm³/mol. The molecule has 1 heterocycles. The maximum absolute atomic E-state index is 12.6. The highest BCUT2D eigenvalue weighted by atomic mass is 32.2. The van der Waals surface area contributed by atoms with Gasteiger partial charge in [0.05, 0.1) is 10.4 Å². The van der Waals surface area contributed by atoms with Gasteiger partial charge in [-0.15, -0.1) is 0 Å². The lowest BCUT2D eigenvalue weighted by Crippen LogP contribution is -2.44. The van der Waals surface area contributed by atoms with Crippen LogP contribution < -0.4 is 10.5 Å². The van der Waals surface area contributed by atoms with Crippen LogP contribution in [0.3, 0.4) is 0 Å². The molecule has 0 aliphatic heterocycles. The summed E-state index contributed by atoms with van der Waals surface area (Å²) in [4.78, 5) is 4.58. The van der Waals surface area contributed by atoms with Crippen LogP contribution in [-0.2, 0) is 15.6 Å². The van der Waals surface area contributed by atoms with Crippen LogP contribution in [0.4, 0.5) is 0 Å². The first-order chi connectivity index (χ1) is 11.5. The standard InChI is InChI=1S/C17H24N4O3S/c1-11-6-7-12(25(22,23)21-16(2,3)4)10-13(11)14-19-15(20-24-14)17(18)8-5-9-17/h6-7,10,21H,5,8-9,18H2,1-4H3. The van der Waals surface area contributed by atoms with Crippen molar-refractivity contribution in [3.05, 3.63) is 29.6 Å². The van der Waals surface area contributed by atoms with Crippen molar-refractivity contribution in [1.82, 2.24) is 14.9 Å². The SMILES string of the molecule is Cc1ccc(S(=O)(=O)NC(C)(C)C)cc1-c1nc(C2(N)CCC2)no1. The van der Waals surface area contributed by atoms with E-state index < -0.39 is 21.1 Å². The number of nitrogens with one attached hydrogen (secondary N) is 1. The number of benzene rings is 1. The number of hydrogen-bond donors (Lipinski definition) is 2. The van der Waals surface area contributed by atoms with E-state index in [-0.39, 0.29) is 10.8 Å². The van der Waals surface area contributed by atoms with E-state index in [4.69, 9.17) is 10.3 Å². The minimum atomic E-state index is -3.64. The van der Waals surface area contributed by atoms with Crippen LogP contribution in [-0.4, -0.2) is 24.1 Å². The molecule has 1 aliphatic rings. The van der Waals surface area contributed by atoms with Gasteiger partial charge < -0.3 is 10.3 Å². The Labute approximate surface area is 148 Å². The number of aromatic nitrogens is 2. The van der Waals surface area contributed by atoms with Crippen LogP contribution in [0.1, 0.15) is 51.4 Å². The van der Waals surface area contributed by atoms with E-state index in [0.29, 0.717) is 11.4 Å². The molecule has 7 nitrogen and oxygen atoms in total. The fourth-order valence-corrected chi connectivity index (χ4v) is 4.22. The Hall–Kier alpha value is -1.77. The molecule has 0 bridgehead atoms. The van der Waals surface area contributed by atoms with Gasteiger partial charge in [0.1, 0.15) is 0 Å². The lowest BCUT2D eigenvalue weighted by atomic mass is 9.77. The lowest BCUT2D eigenvalue weighted by molar-refractivity contribution is 0.229. The fraction of sp³-hybridized carbons (Fsp3) is 0.529. The molecule has 1 aromatic heterocycles. The van der Waals surface area contributed by atoms with E-state index in [1.165, 1.54) is 0 Å². The van der Waals surface area contributed by atoms with Gasteiger partial charge in [0, 0.05) is 11.1 Å². The molecule has 3 N–H and O–H groups in total. The maximum Gasteiger partial charge on any atom is 0.258 e. The second-order valence-corrected chi connectivity index (χ2v) is 9.45. The van der Waals surface area contributed by atoms with Crippen LogP contribution in [0, 0.1) is 6.92 Å². The Morgan fingerprint density at radius 1 is 1.28 bits per heavy atom. The molecule has 0 radical (unpaired) electrons. The highest BCUT2D eigenvalue weighted by molar-refractivity contribution is 7.89. The summed E-state index contributed by atoms with van der Waals surface area (Å²) in [6.07, 6.45) is 2.70. The van der Waals surface area contributed by atoms with Crippen molar-refractivity contribution in [1.29, 1.82) is 0 Å². The van der Waals surface area contributed by atoms with Crippen molar-refractivity contribution in [2.45, 2.75) is 62.9 Å². The van der Waals surface area contributed by atoms with E-state index in [0.717, 1.165) is 24.8 Å². The van der Waals surface area contributed by atoms with Crippen molar-refractivity contribution in [3.63, 3.8) is 0 Å². The van der Waals surface area contributed by atoms with E-state index in [9.17, 15) is 8.42 Å². The quantitative estimate of drug-likeness (QED) is 0.862. The van der Waals surface area contributed by atoms with Gasteiger partial charge in [0.15, 0.2) is 5.82 Å². The van der Waals surface area contributed by atoms with Crippen LogP contribution in [0.15, 0.2) is 27.6 Å². The maximum atomic E-state index is 12.6. The van der Waals surface area contributed by atoms with Crippen molar-refractivity contribution in [3.8, 4) is 11.5 Å². The van der Waals surface area contributed by atoms with Gasteiger partial charge in [0.25, 0.3) is 5.89 Å². The molecular weight excluding hydrogens is 340 g/mol. The smallest absolute Gasteiger partial charge is 0.258 e. The van der Waals surface area contributed by atoms with Crippen LogP contribution >= 0.6 is 0 Å². The summed E-state index contributed by atoms with van der Waals surface area (Å²) >= 11 is 0. The largest absolute Gasteiger partial charge is 0.334 e. The van der Waals surface area contributed by atoms with Gasteiger partial charge in [-0.1, -0.05) is 11.2 Å². The number of nitrogens with two attached hydrogens (primary N) is 1. The van der Waals surface area contributed by atoms with Crippen molar-refractivity contribution < 1.29 is 12.9 Å². The van der Waals surface area contributed by atoms with Crippen LogP contribution in [0.2, 0.25) is 0 Å². The zero-order valence-corrected chi connectivity index (χ0v) is 15.8. The molecule has 0 spiro atoms. The summed E-state index contributed by atoms with van der Waals surface area (Å²) in [5, 5.41) is 4.00. The molecule has 8 heteroatoms. The van der Waals surface area contributed by atoms with Crippen molar-refractivity contribution in [2.75, 3.05) is 0 Å². The van der Waals surface area contributed by atoms with Crippen LogP contribution in [0.25, 0.3) is 11.5 Å². The minimum absolute atomic E-state index is 0.161. The summed E-state index contributed by atoms with van der Waals surface area (Å²) in [5.74, 6) is 0.770. The zero-order valence-electron chi connectivity index (χ0n) is 15.0. The lowest BCUT2D eigenvalue weighted by Gasteiger charge is -2.34. The molecule has 0 unspecified atom stereocenters. The second-order valence-electron chi connectivity index (χ2n) is 7.77. The molecule has 3 rings (SSSR count). The number of nitrogens with zero attached hydrogens (tertiary/aromatic N) is 2. The minimum Gasteiger partial charge on any atom is -0.334 e. The molecule has 2 aromatic rings. The molecule has 1 fully saturated rings. The molecule has 0 atom stereocenters. The Bertz CT molecular complexity index is 893. The first-order valence-corrected chi connectivity index (χ1v) is 9.77. The van der Waals surface area contributed by atoms with Gasteiger partial charge in [-0.2, -0.15) is 4.98 Å². The van der Waals surface area contributed by atoms with Crippen molar-refractivity contribution >= 4 is 10.0 Å². The summed E-state index contributed by atoms with van der Waals surface area (Å²) in [6, 6.07) is 4.86. The van der Waals surface area contributed by atoms with Gasteiger partial charge in [0.2, 0.25) is 10.0 Å². The Kier molecular flexibility index (Phi) is 4.25. The van der Waals surface area contributed by atoms with Gasteiger partial charge in [-0.05, 0) is 64.7 Å². The highest BCUT2D eigenvalue weighted by Gasteiger charge is 2.39. The Morgan fingerprint density at radius 3 is 2.52 bits per heavy atom. The van der Waals surface area contributed by atoms with E-state index in [2.05, 4.69) is 14.9 Å². The van der Waals surface area contributed by atoms with E-state index in [1.54, 1.807) is 39.0 Å². The average Bonchev–Trinajstić information content (AvgIpc) is 2.92. The monoisotopic (exact) mass is 364 g/mol. The van der Waals surface area contributed by atoms with Gasteiger partial charge in [-0.3, -0.25) is 0 Å². The number of rotatable bonds is 4. The fourth-order valence-electron chi connectivity index (χ4n) is 2.78. The van der Waals surface area contributed by atoms with E-state index >= 15 is 0 Å². The first kappa shape index (κ1) is 18.0. The molecule has 1 saturated carbocycles. The molecule has 136 valence electrons. The molecule has 1 aliphatic carbocycles. The highest BCUT2D eigenvalue weighted by Crippen LogP contribution is 2.38. The third-order valence-corrected chi connectivity index (χ3v) is 6.06. The molecular formula is C17H24N4O3S. The number of hydrogen-bond acceptors (Lipinski definition) is 6. The summed E-state index contributed by atoms with van der Waals surface area (Å²) in [7, 11) is -3.64. The molecule has 1 aromatic carbocycles. The van der Waals surface area contributed by atoms with E-state index in [1.807, 2.05) is 6.92 Å². The van der Waals surface area contributed by atoms with Crippen LogP contribution in [0.5, 0.6) is 0 Å². The zero-order chi connectivity index (χ0) is 18.5. The summed E-state index contributed by atoms with van der Waals surface area (Å²) in [6.45, 7) is 7.25. The number of aryl methyl sites for hydroxylation is 1. The van der Waals surface area contributed by atoms with Gasteiger partial charge >= 0.3 is 0 Å². The topological polar surface area (TPSA) is 111 Å². The van der Waals surface area contributed by atoms with Crippen molar-refractivity contribution in [2.24, 2.45) is 5.73 Å². The predicted octanol–water partition coefficient (Wildman–Crippen LogP) is 2.46.